The quantitative estimate of drug-likeness (QED) is 0.367. The second-order valence-corrected chi connectivity index (χ2v) is 17.0. The molecule has 3 aromatic rings. The highest BCUT2D eigenvalue weighted by Crippen LogP contribution is 2.66. The minimum atomic E-state index is -3.68. The van der Waals surface area contributed by atoms with E-state index in [0.717, 1.165) is 73.2 Å². The fraction of sp³-hybridized carbons (Fsp3) is 0.568. The summed E-state index contributed by atoms with van der Waals surface area (Å²) in [4.78, 5) is 33.0. The minimum absolute atomic E-state index is 0.0887. The largest absolute Gasteiger partial charge is 0.497 e. The zero-order valence-corrected chi connectivity index (χ0v) is 28.2. The number of nitrogens with zero attached hydrogens (tertiary/aromatic N) is 3. The molecule has 3 saturated carbocycles. The van der Waals surface area contributed by atoms with E-state index < -0.39 is 26.6 Å². The number of likely N-dealkylation sites (N-methyl/N-ethyl adjacent to an activating group) is 1. The van der Waals surface area contributed by atoms with E-state index in [9.17, 15) is 18.0 Å². The van der Waals surface area contributed by atoms with Gasteiger partial charge in [-0.3, -0.25) is 14.5 Å². The van der Waals surface area contributed by atoms with Crippen LogP contribution in [0.1, 0.15) is 98.0 Å². The van der Waals surface area contributed by atoms with Crippen molar-refractivity contribution in [1.82, 2.24) is 19.1 Å². The second kappa shape index (κ2) is 10.6. The van der Waals surface area contributed by atoms with Crippen LogP contribution >= 0.6 is 0 Å². The Kier molecular flexibility index (Phi) is 6.69. The van der Waals surface area contributed by atoms with E-state index >= 15 is 0 Å². The number of hydrogen-bond acceptors (Lipinski definition) is 6. The Balaban J connectivity index is 1.21. The highest BCUT2D eigenvalue weighted by molar-refractivity contribution is 7.91. The molecule has 1 aromatic heterocycles. The fourth-order valence-corrected chi connectivity index (χ4v) is 11.0. The number of carbonyl (C=O) groups is 2. The monoisotopic (exact) mass is 656 g/mol. The lowest BCUT2D eigenvalue weighted by molar-refractivity contribution is -0.140. The summed E-state index contributed by atoms with van der Waals surface area (Å²) >= 11 is 0. The van der Waals surface area contributed by atoms with E-state index in [1.165, 1.54) is 30.4 Å². The molecule has 0 spiro atoms. The van der Waals surface area contributed by atoms with Gasteiger partial charge in [0.1, 0.15) is 5.75 Å². The summed E-state index contributed by atoms with van der Waals surface area (Å²) in [5.41, 5.74) is 5.49. The Labute approximate surface area is 276 Å². The molecule has 1 N–H and O–H groups in total. The van der Waals surface area contributed by atoms with Crippen molar-refractivity contribution in [1.29, 1.82) is 0 Å². The van der Waals surface area contributed by atoms with Crippen molar-refractivity contribution in [2.75, 3.05) is 26.7 Å². The lowest BCUT2D eigenvalue weighted by atomic mass is 9.81. The van der Waals surface area contributed by atoms with Crippen LogP contribution in [-0.4, -0.2) is 78.7 Å². The number of rotatable bonds is 7. The first kappa shape index (κ1) is 29.7. The van der Waals surface area contributed by atoms with Gasteiger partial charge in [-0.2, -0.15) is 0 Å². The molecule has 5 fully saturated rings. The Hall–Kier alpha value is -3.37. The van der Waals surface area contributed by atoms with Crippen molar-refractivity contribution in [2.24, 2.45) is 5.41 Å². The summed E-state index contributed by atoms with van der Waals surface area (Å²) < 4.78 is 35.8. The van der Waals surface area contributed by atoms with Gasteiger partial charge in [-0.05, 0) is 92.4 Å². The van der Waals surface area contributed by atoms with Crippen LogP contribution in [0, 0.1) is 5.41 Å². The van der Waals surface area contributed by atoms with Crippen LogP contribution in [0.4, 0.5) is 0 Å². The highest BCUT2D eigenvalue weighted by atomic mass is 32.2. The van der Waals surface area contributed by atoms with Crippen molar-refractivity contribution in [3.63, 3.8) is 0 Å². The molecule has 2 amide bonds. The zero-order chi connectivity index (χ0) is 32.2. The van der Waals surface area contributed by atoms with Gasteiger partial charge in [0, 0.05) is 59.7 Å². The number of methoxy groups -OCH3 is 1. The summed E-state index contributed by atoms with van der Waals surface area (Å²) in [7, 11) is -1.99. The molecular weight excluding hydrogens is 612 g/mol. The molecule has 2 saturated heterocycles. The number of aromatic nitrogens is 1. The van der Waals surface area contributed by atoms with Gasteiger partial charge >= 0.3 is 0 Å². The van der Waals surface area contributed by atoms with Crippen molar-refractivity contribution in [2.45, 2.75) is 100 Å². The zero-order valence-electron chi connectivity index (χ0n) is 27.3. The summed E-state index contributed by atoms with van der Waals surface area (Å²) in [6.07, 6.45) is 8.85. The first-order valence-electron chi connectivity index (χ1n) is 17.7. The van der Waals surface area contributed by atoms with Gasteiger partial charge in [0.05, 0.1) is 23.5 Å². The Morgan fingerprint density at radius 2 is 1.81 bits per heavy atom. The maximum atomic E-state index is 14.9. The van der Waals surface area contributed by atoms with Crippen molar-refractivity contribution >= 4 is 32.7 Å². The van der Waals surface area contributed by atoms with Crippen LogP contribution in [0.5, 0.6) is 5.75 Å². The molecule has 9 nitrogen and oxygen atoms in total. The van der Waals surface area contributed by atoms with Gasteiger partial charge in [-0.25, -0.2) is 13.1 Å². The third-order valence-corrected chi connectivity index (χ3v) is 14.2. The van der Waals surface area contributed by atoms with E-state index in [4.69, 9.17) is 4.74 Å². The van der Waals surface area contributed by atoms with E-state index in [1.54, 1.807) is 13.2 Å². The summed E-state index contributed by atoms with van der Waals surface area (Å²) in [6.45, 7) is 5.51. The van der Waals surface area contributed by atoms with Crippen molar-refractivity contribution in [3.05, 3.63) is 53.1 Å². The third-order valence-electron chi connectivity index (χ3n) is 12.4. The van der Waals surface area contributed by atoms with Gasteiger partial charge in [-0.1, -0.05) is 32.3 Å². The van der Waals surface area contributed by atoms with Crippen LogP contribution in [0.3, 0.4) is 0 Å². The first-order chi connectivity index (χ1) is 22.7. The maximum absolute atomic E-state index is 14.9. The molecule has 2 bridgehead atoms. The number of fused-ring (bicyclic) bond motifs is 9. The number of hydrogen-bond donors (Lipinski definition) is 1. The van der Waals surface area contributed by atoms with Gasteiger partial charge < -0.3 is 14.2 Å². The minimum Gasteiger partial charge on any atom is -0.497 e. The van der Waals surface area contributed by atoms with E-state index in [-0.39, 0.29) is 17.9 Å². The molecule has 2 unspecified atom stereocenters. The van der Waals surface area contributed by atoms with Gasteiger partial charge in [-0.15, -0.1) is 0 Å². The topological polar surface area (TPSA) is 101 Å². The predicted octanol–water partition coefficient (Wildman–Crippen LogP) is 5.38. The van der Waals surface area contributed by atoms with Gasteiger partial charge in [0.2, 0.25) is 15.9 Å². The number of piperazine rings is 1. The Morgan fingerprint density at radius 1 is 1.00 bits per heavy atom. The first-order valence-corrected chi connectivity index (χ1v) is 19.2. The predicted molar refractivity (Wildman–Crippen MR) is 180 cm³/mol. The number of nitrogens with one attached hydrogen (secondary N) is 1. The Morgan fingerprint density at radius 3 is 2.51 bits per heavy atom. The van der Waals surface area contributed by atoms with Gasteiger partial charge in [0.15, 0.2) is 0 Å². The van der Waals surface area contributed by atoms with Gasteiger partial charge in [0.25, 0.3) is 5.91 Å². The molecule has 4 atom stereocenters. The molecule has 3 aliphatic heterocycles. The maximum Gasteiger partial charge on any atom is 0.264 e. The van der Waals surface area contributed by atoms with Crippen LogP contribution in [0.15, 0.2) is 36.4 Å². The third kappa shape index (κ3) is 4.53. The summed E-state index contributed by atoms with van der Waals surface area (Å²) in [6, 6.07) is 12.8. The molecule has 2 aromatic carbocycles. The Bertz CT molecular complexity index is 1930. The van der Waals surface area contributed by atoms with Crippen LogP contribution in [0.2, 0.25) is 0 Å². The average molecular weight is 657 g/mol. The van der Waals surface area contributed by atoms with E-state index in [2.05, 4.69) is 38.1 Å². The van der Waals surface area contributed by atoms with E-state index in [0.29, 0.717) is 36.9 Å². The molecular formula is C37H44N4O5S. The number of likely N-dealkylation sites (tertiary alicyclic amines) is 2. The molecule has 3 aliphatic carbocycles. The normalized spacial score (nSPS) is 28.5. The lowest BCUT2D eigenvalue weighted by Crippen LogP contribution is -2.51. The lowest BCUT2D eigenvalue weighted by Gasteiger charge is -2.36. The molecule has 248 valence electrons. The van der Waals surface area contributed by atoms with Crippen LogP contribution < -0.4 is 9.46 Å². The SMILES string of the molecule is CCN1C[C@H]2C[C@@H]1CN2C(=O)C12CC1c1cc(OC)ccc1-c1c(C3CCCCC3)c3ccc(C(=O)NS(=O)(=O)C4CC4)cc3n1C2. The van der Waals surface area contributed by atoms with E-state index in [1.807, 2.05) is 18.2 Å². The fourth-order valence-electron chi connectivity index (χ4n) is 9.74. The molecule has 4 heterocycles. The second-order valence-electron chi connectivity index (χ2n) is 15.0. The number of ether oxygens (including phenoxy) is 1. The number of benzene rings is 2. The average Bonchev–Trinajstić information content (AvgIpc) is 3.97. The highest BCUT2D eigenvalue weighted by Gasteiger charge is 2.65. The summed E-state index contributed by atoms with van der Waals surface area (Å²) in [5, 5.41) is 0.630. The van der Waals surface area contributed by atoms with Crippen LogP contribution in [0.25, 0.3) is 22.2 Å². The number of sulfonamides is 1. The van der Waals surface area contributed by atoms with Crippen LogP contribution in [-0.2, 0) is 21.4 Å². The molecule has 9 rings (SSSR count). The van der Waals surface area contributed by atoms with Crippen molar-refractivity contribution in [3.8, 4) is 17.0 Å². The molecule has 47 heavy (non-hydrogen) atoms. The molecule has 0 radical (unpaired) electrons. The molecule has 10 heteroatoms. The number of carbonyl (C=O) groups excluding carboxylic acids is 2. The standard InChI is InChI=1S/C37H44N4O5S/c1-3-39-19-25-16-24(39)20-40(25)36(43)37-18-31(37)30-17-26(46-2)10-14-28(30)34-33(22-7-5-4-6-8-22)29-13-9-23(15-32(29)41(34)21-37)35(42)38-47(44,45)27-11-12-27/h9-10,13-15,17,22,24-25,27,31H,3-8,11-12,16,18-21H2,1-2H3,(H,38,42)/t24-,25-,31?,37?/m1/s1. The summed E-state index contributed by atoms with van der Waals surface area (Å²) in [5.74, 6) is 0.942. The number of amides is 2. The smallest absolute Gasteiger partial charge is 0.264 e. The molecule has 6 aliphatic rings. The van der Waals surface area contributed by atoms with Crippen molar-refractivity contribution < 1.29 is 22.7 Å².